The van der Waals surface area contributed by atoms with Crippen LogP contribution >= 0.6 is 11.6 Å². The molecular formula is C13H12ClN3O4. The lowest BCUT2D eigenvalue weighted by Gasteiger charge is -2.07. The number of carbonyl (C=O) groups is 2. The molecule has 8 heteroatoms. The summed E-state index contributed by atoms with van der Waals surface area (Å²) in [6, 6.07) is 5.94. The first-order chi connectivity index (χ1) is 9.95. The number of hydrogen-bond acceptors (Lipinski definition) is 6. The SMILES string of the molecule is Cc1cc(NC(=O)COC(=O)c2cc(Cl)ccc2N)no1. The van der Waals surface area contributed by atoms with E-state index in [1.54, 1.807) is 13.0 Å². The van der Waals surface area contributed by atoms with Crippen molar-refractivity contribution < 1.29 is 18.8 Å². The van der Waals surface area contributed by atoms with Crippen LogP contribution in [0.1, 0.15) is 16.1 Å². The summed E-state index contributed by atoms with van der Waals surface area (Å²) in [6.45, 7) is 1.21. The normalized spacial score (nSPS) is 10.2. The molecule has 2 aromatic rings. The third kappa shape index (κ3) is 3.96. The fourth-order valence-electron chi connectivity index (χ4n) is 1.52. The lowest BCUT2D eigenvalue weighted by Crippen LogP contribution is -2.21. The Morgan fingerprint density at radius 1 is 1.43 bits per heavy atom. The number of hydrogen-bond donors (Lipinski definition) is 2. The van der Waals surface area contributed by atoms with Crippen molar-refractivity contribution in [3.05, 3.63) is 40.6 Å². The highest BCUT2D eigenvalue weighted by Gasteiger charge is 2.14. The third-order valence-corrected chi connectivity index (χ3v) is 2.70. The lowest BCUT2D eigenvalue weighted by molar-refractivity contribution is -0.119. The van der Waals surface area contributed by atoms with Crippen molar-refractivity contribution >= 4 is 35.0 Å². The predicted octanol–water partition coefficient (Wildman–Crippen LogP) is 2.01. The van der Waals surface area contributed by atoms with Crippen LogP contribution in [0.5, 0.6) is 0 Å². The first kappa shape index (κ1) is 14.9. The number of carbonyl (C=O) groups excluding carboxylic acids is 2. The van der Waals surface area contributed by atoms with E-state index in [0.29, 0.717) is 10.8 Å². The van der Waals surface area contributed by atoms with Gasteiger partial charge in [0.25, 0.3) is 5.91 Å². The number of ether oxygens (including phenoxy) is 1. The van der Waals surface area contributed by atoms with Gasteiger partial charge < -0.3 is 20.3 Å². The molecule has 0 radical (unpaired) electrons. The molecule has 0 unspecified atom stereocenters. The zero-order valence-corrected chi connectivity index (χ0v) is 11.8. The number of nitrogens with two attached hydrogens (primary N) is 1. The van der Waals surface area contributed by atoms with Gasteiger partial charge in [0.1, 0.15) is 5.76 Å². The van der Waals surface area contributed by atoms with E-state index in [-0.39, 0.29) is 17.1 Å². The summed E-state index contributed by atoms with van der Waals surface area (Å²) in [4.78, 5) is 23.4. The summed E-state index contributed by atoms with van der Waals surface area (Å²) < 4.78 is 9.64. The summed E-state index contributed by atoms with van der Waals surface area (Å²) in [7, 11) is 0. The fourth-order valence-corrected chi connectivity index (χ4v) is 1.69. The Balaban J connectivity index is 1.91. The van der Waals surface area contributed by atoms with Crippen molar-refractivity contribution in [2.24, 2.45) is 0 Å². The van der Waals surface area contributed by atoms with Crippen molar-refractivity contribution in [3.8, 4) is 0 Å². The first-order valence-electron chi connectivity index (χ1n) is 5.91. The van der Waals surface area contributed by atoms with E-state index in [2.05, 4.69) is 10.5 Å². The van der Waals surface area contributed by atoms with Gasteiger partial charge >= 0.3 is 5.97 Å². The Morgan fingerprint density at radius 3 is 2.86 bits per heavy atom. The number of amides is 1. The maximum absolute atomic E-state index is 11.8. The zero-order valence-electron chi connectivity index (χ0n) is 11.1. The van der Waals surface area contributed by atoms with E-state index in [9.17, 15) is 9.59 Å². The van der Waals surface area contributed by atoms with Gasteiger partial charge in [0, 0.05) is 16.8 Å². The number of nitrogens with zero attached hydrogens (tertiary/aromatic N) is 1. The molecule has 1 aromatic carbocycles. The summed E-state index contributed by atoms with van der Waals surface area (Å²) in [6.07, 6.45) is 0. The molecular weight excluding hydrogens is 298 g/mol. The third-order valence-electron chi connectivity index (χ3n) is 2.47. The molecule has 0 fully saturated rings. The van der Waals surface area contributed by atoms with Crippen LogP contribution in [0.2, 0.25) is 5.02 Å². The molecule has 1 amide bonds. The summed E-state index contributed by atoms with van der Waals surface area (Å²) in [5.74, 6) is -0.483. The smallest absolute Gasteiger partial charge is 0.340 e. The van der Waals surface area contributed by atoms with Gasteiger partial charge in [0.2, 0.25) is 0 Å². The standard InChI is InChI=1S/C13H12ClN3O4/c1-7-4-11(17-21-7)16-12(18)6-20-13(19)9-5-8(14)2-3-10(9)15/h2-5H,6,15H2,1H3,(H,16,17,18). The Bertz CT molecular complexity index is 684. The molecule has 0 aliphatic carbocycles. The van der Waals surface area contributed by atoms with E-state index in [4.69, 9.17) is 26.6 Å². The van der Waals surface area contributed by atoms with Crippen LogP contribution in [0, 0.1) is 6.92 Å². The maximum atomic E-state index is 11.8. The largest absolute Gasteiger partial charge is 0.452 e. The second-order valence-electron chi connectivity index (χ2n) is 4.18. The van der Waals surface area contributed by atoms with Crippen molar-refractivity contribution in [2.45, 2.75) is 6.92 Å². The van der Waals surface area contributed by atoms with Gasteiger partial charge in [-0.2, -0.15) is 0 Å². The highest BCUT2D eigenvalue weighted by atomic mass is 35.5. The monoisotopic (exact) mass is 309 g/mol. The number of halogens is 1. The molecule has 0 saturated heterocycles. The van der Waals surface area contributed by atoms with Crippen molar-refractivity contribution in [1.29, 1.82) is 0 Å². The van der Waals surface area contributed by atoms with Crippen LogP contribution < -0.4 is 11.1 Å². The van der Waals surface area contributed by atoms with Crippen LogP contribution in [-0.2, 0) is 9.53 Å². The van der Waals surface area contributed by atoms with Gasteiger partial charge in [-0.05, 0) is 25.1 Å². The minimum Gasteiger partial charge on any atom is -0.452 e. The summed E-state index contributed by atoms with van der Waals surface area (Å²) in [5.41, 5.74) is 5.96. The van der Waals surface area contributed by atoms with Crippen LogP contribution in [0.15, 0.2) is 28.8 Å². The molecule has 0 bridgehead atoms. The molecule has 1 heterocycles. The van der Waals surface area contributed by atoms with Gasteiger partial charge in [-0.15, -0.1) is 0 Å². The zero-order chi connectivity index (χ0) is 15.4. The average molecular weight is 310 g/mol. The van der Waals surface area contributed by atoms with Crippen LogP contribution in [0.3, 0.4) is 0 Å². The molecule has 0 aliphatic heterocycles. The van der Waals surface area contributed by atoms with E-state index in [1.165, 1.54) is 18.2 Å². The number of anilines is 2. The van der Waals surface area contributed by atoms with Crippen LogP contribution in [0.4, 0.5) is 11.5 Å². The molecule has 110 valence electrons. The van der Waals surface area contributed by atoms with Gasteiger partial charge in [-0.1, -0.05) is 16.8 Å². The quantitative estimate of drug-likeness (QED) is 0.661. The minimum absolute atomic E-state index is 0.104. The fraction of sp³-hybridized carbons (Fsp3) is 0.154. The number of nitrogens with one attached hydrogen (secondary N) is 1. The highest BCUT2D eigenvalue weighted by molar-refractivity contribution is 6.31. The topological polar surface area (TPSA) is 107 Å². The van der Waals surface area contributed by atoms with Crippen LogP contribution in [-0.4, -0.2) is 23.6 Å². The first-order valence-corrected chi connectivity index (χ1v) is 6.29. The number of rotatable bonds is 4. The van der Waals surface area contributed by atoms with E-state index in [1.807, 2.05) is 0 Å². The second-order valence-corrected chi connectivity index (χ2v) is 4.62. The molecule has 7 nitrogen and oxygen atoms in total. The van der Waals surface area contributed by atoms with Gasteiger partial charge in [-0.25, -0.2) is 4.79 Å². The van der Waals surface area contributed by atoms with Crippen molar-refractivity contribution in [2.75, 3.05) is 17.7 Å². The molecule has 3 N–H and O–H groups in total. The van der Waals surface area contributed by atoms with E-state index < -0.39 is 18.5 Å². The van der Waals surface area contributed by atoms with Gasteiger partial charge in [0.15, 0.2) is 12.4 Å². The van der Waals surface area contributed by atoms with Crippen LogP contribution in [0.25, 0.3) is 0 Å². The predicted molar refractivity (Wildman–Crippen MR) is 76.0 cm³/mol. The molecule has 0 aliphatic rings. The maximum Gasteiger partial charge on any atom is 0.340 e. The number of benzene rings is 1. The summed E-state index contributed by atoms with van der Waals surface area (Å²) in [5, 5.41) is 6.35. The molecule has 1 aromatic heterocycles. The van der Waals surface area contributed by atoms with Gasteiger partial charge in [0.05, 0.1) is 5.56 Å². The Morgan fingerprint density at radius 2 is 2.19 bits per heavy atom. The number of nitrogen functional groups attached to an aromatic ring is 1. The minimum atomic E-state index is -0.735. The molecule has 0 spiro atoms. The number of esters is 1. The molecule has 0 saturated carbocycles. The molecule has 2 rings (SSSR count). The van der Waals surface area contributed by atoms with Crippen molar-refractivity contribution in [3.63, 3.8) is 0 Å². The lowest BCUT2D eigenvalue weighted by atomic mass is 10.2. The second kappa shape index (κ2) is 6.27. The summed E-state index contributed by atoms with van der Waals surface area (Å²) >= 11 is 5.77. The molecule has 0 atom stereocenters. The average Bonchev–Trinajstić information content (AvgIpc) is 2.84. The Labute approximate surface area is 125 Å². The molecule has 21 heavy (non-hydrogen) atoms. The Kier molecular flexibility index (Phi) is 4.44. The number of aromatic nitrogens is 1. The number of aryl methyl sites for hydroxylation is 1. The highest BCUT2D eigenvalue weighted by Crippen LogP contribution is 2.18. The van der Waals surface area contributed by atoms with E-state index >= 15 is 0 Å². The van der Waals surface area contributed by atoms with Gasteiger partial charge in [-0.3, -0.25) is 4.79 Å². The van der Waals surface area contributed by atoms with E-state index in [0.717, 1.165) is 0 Å². The van der Waals surface area contributed by atoms with Crippen molar-refractivity contribution in [1.82, 2.24) is 5.16 Å². The Hall–Kier alpha value is -2.54.